The van der Waals surface area contributed by atoms with E-state index in [1.807, 2.05) is 24.5 Å². The summed E-state index contributed by atoms with van der Waals surface area (Å²) in [5, 5.41) is 3.39. The highest BCUT2D eigenvalue weighted by molar-refractivity contribution is 5.08. The van der Waals surface area contributed by atoms with Crippen LogP contribution in [0.4, 0.5) is 0 Å². The molecule has 1 atom stereocenters. The minimum absolute atomic E-state index is 0.342. The molecule has 1 aliphatic heterocycles. The number of aromatic nitrogens is 1. The number of nitrogens with zero attached hydrogens (tertiary/aromatic N) is 1. The Morgan fingerprint density at radius 3 is 3.06 bits per heavy atom. The molecule has 4 heteroatoms. The monoisotopic (exact) mass is 250 g/mol. The normalized spacial score (nSPS) is 19.2. The average molecular weight is 250 g/mol. The van der Waals surface area contributed by atoms with E-state index >= 15 is 0 Å². The van der Waals surface area contributed by atoms with E-state index in [1.165, 1.54) is 12.0 Å². The van der Waals surface area contributed by atoms with Crippen molar-refractivity contribution in [3.8, 4) is 0 Å². The SMILES string of the molecule is c1cc(CNCCCOCC2CCCO2)ccn1. The molecule has 1 fully saturated rings. The summed E-state index contributed by atoms with van der Waals surface area (Å²) in [6.07, 6.45) is 7.36. The van der Waals surface area contributed by atoms with Gasteiger partial charge in [-0.25, -0.2) is 0 Å². The average Bonchev–Trinajstić information content (AvgIpc) is 2.92. The van der Waals surface area contributed by atoms with Crippen molar-refractivity contribution in [3.63, 3.8) is 0 Å². The van der Waals surface area contributed by atoms with Crippen LogP contribution in [0.1, 0.15) is 24.8 Å². The molecule has 100 valence electrons. The predicted octanol–water partition coefficient (Wildman–Crippen LogP) is 1.76. The van der Waals surface area contributed by atoms with Gasteiger partial charge < -0.3 is 14.8 Å². The minimum Gasteiger partial charge on any atom is -0.379 e. The Kier molecular flexibility index (Phi) is 6.12. The van der Waals surface area contributed by atoms with Crippen molar-refractivity contribution in [1.82, 2.24) is 10.3 Å². The van der Waals surface area contributed by atoms with Crippen LogP contribution in [0.5, 0.6) is 0 Å². The molecule has 0 spiro atoms. The number of ether oxygens (including phenoxy) is 2. The van der Waals surface area contributed by atoms with Crippen molar-refractivity contribution in [2.24, 2.45) is 0 Å². The van der Waals surface area contributed by atoms with Gasteiger partial charge in [-0.2, -0.15) is 0 Å². The van der Waals surface area contributed by atoms with Crippen LogP contribution in [0.25, 0.3) is 0 Å². The van der Waals surface area contributed by atoms with E-state index in [9.17, 15) is 0 Å². The van der Waals surface area contributed by atoms with Gasteiger partial charge in [0.2, 0.25) is 0 Å². The van der Waals surface area contributed by atoms with Gasteiger partial charge in [0.1, 0.15) is 0 Å². The van der Waals surface area contributed by atoms with Crippen LogP contribution in [-0.4, -0.2) is 37.5 Å². The van der Waals surface area contributed by atoms with Crippen molar-refractivity contribution < 1.29 is 9.47 Å². The number of hydrogen-bond donors (Lipinski definition) is 1. The zero-order valence-corrected chi connectivity index (χ0v) is 10.8. The van der Waals surface area contributed by atoms with E-state index in [-0.39, 0.29) is 0 Å². The van der Waals surface area contributed by atoms with Crippen LogP contribution < -0.4 is 5.32 Å². The smallest absolute Gasteiger partial charge is 0.0809 e. The third kappa shape index (κ3) is 5.12. The van der Waals surface area contributed by atoms with Crippen LogP contribution in [0.15, 0.2) is 24.5 Å². The van der Waals surface area contributed by atoms with Gasteiger partial charge in [-0.15, -0.1) is 0 Å². The van der Waals surface area contributed by atoms with Gasteiger partial charge >= 0.3 is 0 Å². The van der Waals surface area contributed by atoms with E-state index in [4.69, 9.17) is 9.47 Å². The molecular formula is C14H22N2O2. The molecule has 1 saturated heterocycles. The van der Waals surface area contributed by atoms with Crippen LogP contribution in [-0.2, 0) is 16.0 Å². The fourth-order valence-corrected chi connectivity index (χ4v) is 2.02. The molecule has 4 nitrogen and oxygen atoms in total. The third-order valence-corrected chi connectivity index (χ3v) is 3.05. The lowest BCUT2D eigenvalue weighted by atomic mass is 10.2. The molecule has 2 heterocycles. The molecule has 1 aliphatic rings. The molecule has 1 N–H and O–H groups in total. The summed E-state index contributed by atoms with van der Waals surface area (Å²) in [6.45, 7) is 4.34. The van der Waals surface area contributed by atoms with E-state index < -0.39 is 0 Å². The van der Waals surface area contributed by atoms with Gasteiger partial charge in [0.05, 0.1) is 12.7 Å². The summed E-state index contributed by atoms with van der Waals surface area (Å²) in [5.41, 5.74) is 1.27. The molecule has 18 heavy (non-hydrogen) atoms. The first-order valence-electron chi connectivity index (χ1n) is 6.74. The van der Waals surface area contributed by atoms with Crippen molar-refractivity contribution in [3.05, 3.63) is 30.1 Å². The van der Waals surface area contributed by atoms with Gasteiger partial charge in [0.25, 0.3) is 0 Å². The lowest BCUT2D eigenvalue weighted by Gasteiger charge is -2.10. The van der Waals surface area contributed by atoms with Crippen molar-refractivity contribution in [2.45, 2.75) is 31.9 Å². The fraction of sp³-hybridized carbons (Fsp3) is 0.643. The van der Waals surface area contributed by atoms with E-state index in [0.29, 0.717) is 6.10 Å². The molecule has 0 aromatic carbocycles. The highest BCUT2D eigenvalue weighted by Crippen LogP contribution is 2.11. The molecular weight excluding hydrogens is 228 g/mol. The van der Waals surface area contributed by atoms with Crippen LogP contribution in [0, 0.1) is 0 Å². The van der Waals surface area contributed by atoms with Crippen molar-refractivity contribution in [2.75, 3.05) is 26.4 Å². The van der Waals surface area contributed by atoms with E-state index in [0.717, 1.165) is 45.8 Å². The lowest BCUT2D eigenvalue weighted by Crippen LogP contribution is -2.18. The van der Waals surface area contributed by atoms with E-state index in [1.54, 1.807) is 0 Å². The van der Waals surface area contributed by atoms with Crippen LogP contribution >= 0.6 is 0 Å². The predicted molar refractivity (Wildman–Crippen MR) is 70.4 cm³/mol. The molecule has 2 rings (SSSR count). The zero-order valence-electron chi connectivity index (χ0n) is 10.8. The highest BCUT2D eigenvalue weighted by Gasteiger charge is 2.14. The molecule has 0 aliphatic carbocycles. The lowest BCUT2D eigenvalue weighted by molar-refractivity contribution is 0.0166. The number of nitrogens with one attached hydrogen (secondary N) is 1. The number of pyridine rings is 1. The Hall–Kier alpha value is -0.970. The second kappa shape index (κ2) is 8.19. The highest BCUT2D eigenvalue weighted by atomic mass is 16.5. The maximum absolute atomic E-state index is 5.59. The zero-order chi connectivity index (χ0) is 12.5. The van der Waals surface area contributed by atoms with Crippen LogP contribution in [0.2, 0.25) is 0 Å². The third-order valence-electron chi connectivity index (χ3n) is 3.05. The summed E-state index contributed by atoms with van der Waals surface area (Å²) < 4.78 is 11.1. The topological polar surface area (TPSA) is 43.4 Å². The van der Waals surface area contributed by atoms with Gasteiger partial charge in [0.15, 0.2) is 0 Å². The summed E-state index contributed by atoms with van der Waals surface area (Å²) in [4.78, 5) is 3.99. The Morgan fingerprint density at radius 2 is 2.28 bits per heavy atom. The Bertz CT molecular complexity index is 313. The Balaban J connectivity index is 1.42. The summed E-state index contributed by atoms with van der Waals surface area (Å²) in [5.74, 6) is 0. The molecule has 0 bridgehead atoms. The quantitative estimate of drug-likeness (QED) is 0.714. The standard InChI is InChI=1S/C14H22N2O2/c1-3-14(18-10-1)12-17-9-2-6-16-11-13-4-7-15-8-5-13/h4-5,7-8,14,16H,1-3,6,9-12H2. The first-order valence-corrected chi connectivity index (χ1v) is 6.74. The number of rotatable bonds is 8. The molecule has 0 radical (unpaired) electrons. The van der Waals surface area contributed by atoms with Gasteiger partial charge in [-0.3, -0.25) is 4.98 Å². The second-order valence-electron chi connectivity index (χ2n) is 4.60. The first kappa shape index (κ1) is 13.5. The summed E-state index contributed by atoms with van der Waals surface area (Å²) >= 11 is 0. The summed E-state index contributed by atoms with van der Waals surface area (Å²) in [6, 6.07) is 4.06. The fourth-order valence-electron chi connectivity index (χ4n) is 2.02. The first-order chi connectivity index (χ1) is 8.95. The maximum Gasteiger partial charge on any atom is 0.0809 e. The largest absolute Gasteiger partial charge is 0.379 e. The minimum atomic E-state index is 0.342. The molecule has 0 amide bonds. The van der Waals surface area contributed by atoms with Crippen LogP contribution in [0.3, 0.4) is 0 Å². The van der Waals surface area contributed by atoms with E-state index in [2.05, 4.69) is 10.3 Å². The van der Waals surface area contributed by atoms with Crippen molar-refractivity contribution in [1.29, 1.82) is 0 Å². The second-order valence-corrected chi connectivity index (χ2v) is 4.60. The molecule has 1 aromatic heterocycles. The molecule has 1 unspecified atom stereocenters. The van der Waals surface area contributed by atoms with Gasteiger partial charge in [-0.05, 0) is 43.5 Å². The van der Waals surface area contributed by atoms with Crippen molar-refractivity contribution >= 4 is 0 Å². The maximum atomic E-state index is 5.59. The molecule has 0 saturated carbocycles. The van der Waals surface area contributed by atoms with Gasteiger partial charge in [0, 0.05) is 32.2 Å². The Morgan fingerprint density at radius 1 is 1.39 bits per heavy atom. The molecule has 1 aromatic rings. The number of hydrogen-bond acceptors (Lipinski definition) is 4. The Labute approximate surface area is 109 Å². The van der Waals surface area contributed by atoms with Gasteiger partial charge in [-0.1, -0.05) is 0 Å². The summed E-state index contributed by atoms with van der Waals surface area (Å²) in [7, 11) is 0.